The topological polar surface area (TPSA) is 120 Å². The van der Waals surface area contributed by atoms with Gasteiger partial charge in [0.1, 0.15) is 17.6 Å². The third-order valence-corrected chi connectivity index (χ3v) is 5.73. The van der Waals surface area contributed by atoms with Gasteiger partial charge in [0, 0.05) is 31.2 Å². The maximum Gasteiger partial charge on any atom is 0.319 e. The summed E-state index contributed by atoms with van der Waals surface area (Å²) in [6, 6.07) is 13.5. The van der Waals surface area contributed by atoms with E-state index in [1.165, 1.54) is 29.3 Å². The van der Waals surface area contributed by atoms with Crippen LogP contribution in [0.2, 0.25) is 0 Å². The van der Waals surface area contributed by atoms with E-state index < -0.39 is 17.8 Å². The summed E-state index contributed by atoms with van der Waals surface area (Å²) in [5, 5.41) is 11.4. The van der Waals surface area contributed by atoms with Crippen molar-refractivity contribution in [3.63, 3.8) is 0 Å². The van der Waals surface area contributed by atoms with Crippen LogP contribution in [0.25, 0.3) is 0 Å². The van der Waals surface area contributed by atoms with Crippen molar-refractivity contribution in [1.82, 2.24) is 10.2 Å². The highest BCUT2D eigenvalue weighted by molar-refractivity contribution is 6.40. The number of nitrogens with two attached hydrogens (primary N) is 1. The Hall–Kier alpha value is -3.95. The average molecular weight is 452 g/mol. The van der Waals surface area contributed by atoms with Crippen molar-refractivity contribution in [2.24, 2.45) is 10.8 Å². The summed E-state index contributed by atoms with van der Waals surface area (Å²) < 4.78 is 13.3. The third kappa shape index (κ3) is 5.28. The van der Waals surface area contributed by atoms with Crippen LogP contribution in [0.3, 0.4) is 0 Å². The molecule has 1 atom stereocenters. The molecule has 2 aromatic carbocycles. The minimum absolute atomic E-state index is 0.0580. The number of hydrazone groups is 1. The Morgan fingerprint density at radius 2 is 1.67 bits per heavy atom. The number of primary amides is 1. The normalized spacial score (nSPS) is 18.6. The van der Waals surface area contributed by atoms with Gasteiger partial charge in [0.2, 0.25) is 5.91 Å². The van der Waals surface area contributed by atoms with E-state index in [9.17, 15) is 18.8 Å². The van der Waals surface area contributed by atoms with E-state index in [1.54, 1.807) is 17.0 Å². The molecule has 1 saturated heterocycles. The number of hydrogen-bond donors (Lipinski definition) is 3. The molecule has 2 aromatic rings. The smallest absolute Gasteiger partial charge is 0.319 e. The first kappa shape index (κ1) is 22.3. The lowest BCUT2D eigenvalue weighted by molar-refractivity contribution is -0.125. The monoisotopic (exact) mass is 452 g/mol. The van der Waals surface area contributed by atoms with Gasteiger partial charge in [-0.15, -0.1) is 0 Å². The van der Waals surface area contributed by atoms with Gasteiger partial charge in [0.05, 0.1) is 5.69 Å². The van der Waals surface area contributed by atoms with E-state index in [0.29, 0.717) is 37.3 Å². The number of para-hydroxylation sites is 1. The second kappa shape index (κ2) is 9.68. The van der Waals surface area contributed by atoms with Crippen LogP contribution >= 0.6 is 0 Å². The van der Waals surface area contributed by atoms with E-state index >= 15 is 0 Å². The van der Waals surface area contributed by atoms with Crippen molar-refractivity contribution >= 4 is 34.9 Å². The number of anilines is 2. The first-order chi connectivity index (χ1) is 15.9. The van der Waals surface area contributed by atoms with Gasteiger partial charge in [-0.3, -0.25) is 14.6 Å². The van der Waals surface area contributed by atoms with Crippen LogP contribution in [-0.2, 0) is 9.59 Å². The average Bonchev–Trinajstić information content (AvgIpc) is 3.26. The lowest BCUT2D eigenvalue weighted by Gasteiger charge is -2.32. The second-order valence-electron chi connectivity index (χ2n) is 8.02. The molecule has 4 rings (SSSR count). The Labute approximate surface area is 190 Å². The third-order valence-electron chi connectivity index (χ3n) is 5.73. The SMILES string of the molecule is NC(=O)C1CC(C(=O)N2CCC(NC(=O)Nc3ccccc3)CC2)=NN1c1ccc(F)cc1. The van der Waals surface area contributed by atoms with E-state index in [2.05, 4.69) is 15.7 Å². The molecular weight excluding hydrogens is 427 g/mol. The molecule has 0 aliphatic carbocycles. The summed E-state index contributed by atoms with van der Waals surface area (Å²) in [5.41, 5.74) is 6.94. The van der Waals surface area contributed by atoms with Gasteiger partial charge in [-0.1, -0.05) is 18.2 Å². The molecule has 2 aliphatic rings. The molecule has 1 fully saturated rings. The molecule has 0 spiro atoms. The quantitative estimate of drug-likeness (QED) is 0.643. The Morgan fingerprint density at radius 3 is 2.30 bits per heavy atom. The van der Waals surface area contributed by atoms with E-state index in [1.807, 2.05) is 18.2 Å². The molecule has 0 saturated carbocycles. The van der Waals surface area contributed by atoms with Gasteiger partial charge in [-0.05, 0) is 49.2 Å². The highest BCUT2D eigenvalue weighted by Crippen LogP contribution is 2.26. The highest BCUT2D eigenvalue weighted by Gasteiger charge is 2.37. The number of nitrogens with one attached hydrogen (secondary N) is 2. The lowest BCUT2D eigenvalue weighted by Crippen LogP contribution is -2.49. The minimum Gasteiger partial charge on any atom is -0.368 e. The molecular formula is C23H25FN6O3. The van der Waals surface area contributed by atoms with Crippen molar-refractivity contribution in [2.75, 3.05) is 23.4 Å². The molecule has 33 heavy (non-hydrogen) atoms. The predicted molar refractivity (Wildman–Crippen MR) is 122 cm³/mol. The van der Waals surface area contributed by atoms with E-state index in [-0.39, 0.29) is 30.1 Å². The van der Waals surface area contributed by atoms with Crippen LogP contribution in [0.15, 0.2) is 59.7 Å². The Morgan fingerprint density at radius 1 is 1.00 bits per heavy atom. The molecule has 9 nitrogen and oxygen atoms in total. The number of carbonyl (C=O) groups is 3. The van der Waals surface area contributed by atoms with Gasteiger partial charge in [0.15, 0.2) is 0 Å². The van der Waals surface area contributed by atoms with E-state index in [4.69, 9.17) is 5.73 Å². The Balaban J connectivity index is 1.34. The van der Waals surface area contributed by atoms with E-state index in [0.717, 1.165) is 0 Å². The number of piperidine rings is 1. The Bertz CT molecular complexity index is 1050. The molecule has 1 unspecified atom stereocenters. The van der Waals surface area contributed by atoms with Crippen LogP contribution in [0.4, 0.5) is 20.6 Å². The van der Waals surface area contributed by atoms with Crippen LogP contribution in [0.1, 0.15) is 19.3 Å². The molecule has 0 aromatic heterocycles. The maximum atomic E-state index is 13.3. The number of urea groups is 1. The van der Waals surface area contributed by atoms with Gasteiger partial charge < -0.3 is 21.3 Å². The fourth-order valence-corrected chi connectivity index (χ4v) is 3.98. The van der Waals surface area contributed by atoms with Crippen LogP contribution in [-0.4, -0.2) is 53.6 Å². The minimum atomic E-state index is -0.810. The Kier molecular flexibility index (Phi) is 6.53. The summed E-state index contributed by atoms with van der Waals surface area (Å²) >= 11 is 0. The number of amides is 4. The largest absolute Gasteiger partial charge is 0.368 e. The molecule has 2 heterocycles. The molecule has 2 aliphatic heterocycles. The first-order valence-corrected chi connectivity index (χ1v) is 10.7. The van der Waals surface area contributed by atoms with Crippen molar-refractivity contribution in [2.45, 2.75) is 31.3 Å². The number of hydrogen-bond acceptors (Lipinski definition) is 5. The van der Waals surface area contributed by atoms with Gasteiger partial charge >= 0.3 is 6.03 Å². The number of carbonyl (C=O) groups excluding carboxylic acids is 3. The zero-order valence-electron chi connectivity index (χ0n) is 17.9. The number of benzene rings is 2. The molecule has 10 heteroatoms. The van der Waals surface area contributed by atoms with Crippen molar-refractivity contribution < 1.29 is 18.8 Å². The molecule has 0 radical (unpaired) electrons. The van der Waals surface area contributed by atoms with Crippen molar-refractivity contribution in [3.8, 4) is 0 Å². The molecule has 0 bridgehead atoms. The second-order valence-corrected chi connectivity index (χ2v) is 8.02. The van der Waals surface area contributed by atoms with Crippen molar-refractivity contribution in [1.29, 1.82) is 0 Å². The van der Waals surface area contributed by atoms with Crippen LogP contribution in [0, 0.1) is 5.82 Å². The fraction of sp³-hybridized carbons (Fsp3) is 0.304. The molecule has 4 amide bonds. The number of rotatable bonds is 5. The van der Waals surface area contributed by atoms with Gasteiger partial charge in [-0.25, -0.2) is 9.18 Å². The van der Waals surface area contributed by atoms with Crippen molar-refractivity contribution in [3.05, 3.63) is 60.4 Å². The van der Waals surface area contributed by atoms with Crippen LogP contribution < -0.4 is 21.4 Å². The number of likely N-dealkylation sites (tertiary alicyclic amines) is 1. The maximum absolute atomic E-state index is 13.3. The zero-order chi connectivity index (χ0) is 23.4. The van der Waals surface area contributed by atoms with Crippen LogP contribution in [0.5, 0.6) is 0 Å². The summed E-state index contributed by atoms with van der Waals surface area (Å²) in [6.45, 7) is 0.901. The summed E-state index contributed by atoms with van der Waals surface area (Å²) in [7, 11) is 0. The predicted octanol–water partition coefficient (Wildman–Crippen LogP) is 2.06. The molecule has 4 N–H and O–H groups in total. The fourth-order valence-electron chi connectivity index (χ4n) is 3.98. The standard InChI is InChI=1S/C23H25FN6O3/c24-15-6-8-18(9-7-15)30-20(21(25)31)14-19(28-30)22(32)29-12-10-17(11-13-29)27-23(33)26-16-4-2-1-3-5-16/h1-9,17,20H,10-14H2,(H2,25,31)(H2,26,27,33). The lowest BCUT2D eigenvalue weighted by atomic mass is 10.0. The van der Waals surface area contributed by atoms with Gasteiger partial charge in [-0.2, -0.15) is 5.10 Å². The zero-order valence-corrected chi connectivity index (χ0v) is 17.9. The summed E-state index contributed by atoms with van der Waals surface area (Å²) in [5.74, 6) is -1.29. The number of halogens is 1. The van der Waals surface area contributed by atoms with Gasteiger partial charge in [0.25, 0.3) is 5.91 Å². The number of nitrogens with zero attached hydrogens (tertiary/aromatic N) is 3. The summed E-state index contributed by atoms with van der Waals surface area (Å²) in [6.07, 6.45) is 1.29. The molecule has 172 valence electrons. The highest BCUT2D eigenvalue weighted by atomic mass is 19.1. The first-order valence-electron chi connectivity index (χ1n) is 10.7. The summed E-state index contributed by atoms with van der Waals surface area (Å²) in [4.78, 5) is 38.8.